The highest BCUT2D eigenvalue weighted by Crippen LogP contribution is 2.25. The van der Waals surface area contributed by atoms with Crippen molar-refractivity contribution in [1.82, 2.24) is 9.78 Å². The van der Waals surface area contributed by atoms with Crippen LogP contribution in [-0.2, 0) is 6.42 Å². The van der Waals surface area contributed by atoms with E-state index in [0.29, 0.717) is 23.4 Å². The van der Waals surface area contributed by atoms with E-state index in [1.165, 1.54) is 5.56 Å². The Hall–Kier alpha value is -2.10. The third kappa shape index (κ3) is 2.22. The first kappa shape index (κ1) is 14.3. The van der Waals surface area contributed by atoms with Crippen LogP contribution in [0.2, 0.25) is 0 Å². The van der Waals surface area contributed by atoms with Gasteiger partial charge in [0.2, 0.25) is 0 Å². The summed E-state index contributed by atoms with van der Waals surface area (Å²) in [5.41, 5.74) is 6.03. The molecule has 4 heteroatoms. The average Bonchev–Trinajstić information content (AvgIpc) is 2.65. The van der Waals surface area contributed by atoms with Crippen molar-refractivity contribution in [3.8, 4) is 5.69 Å². The number of hydrogen-bond donors (Lipinski definition) is 1. The second kappa shape index (κ2) is 5.12. The van der Waals surface area contributed by atoms with Crippen molar-refractivity contribution in [2.45, 2.75) is 41.0 Å². The molecule has 0 atom stereocenters. The predicted molar refractivity (Wildman–Crippen MR) is 78.8 cm³/mol. The lowest BCUT2D eigenvalue weighted by atomic mass is 10.0. The molecule has 0 unspecified atom stereocenters. The van der Waals surface area contributed by atoms with Crippen LogP contribution in [-0.4, -0.2) is 20.9 Å². The molecule has 0 saturated carbocycles. The first-order chi connectivity index (χ1) is 9.36. The summed E-state index contributed by atoms with van der Waals surface area (Å²) in [6.45, 7) is 9.85. The van der Waals surface area contributed by atoms with Gasteiger partial charge in [0.05, 0.1) is 17.1 Å². The molecule has 0 aliphatic carbocycles. The largest absolute Gasteiger partial charge is 0.478 e. The van der Waals surface area contributed by atoms with Crippen LogP contribution in [0, 0.1) is 27.7 Å². The van der Waals surface area contributed by atoms with Gasteiger partial charge in [0.25, 0.3) is 0 Å². The van der Waals surface area contributed by atoms with Crippen LogP contribution in [0.4, 0.5) is 0 Å². The minimum absolute atomic E-state index is 0.326. The number of rotatable bonds is 3. The Labute approximate surface area is 119 Å². The Bertz CT molecular complexity index is 661. The Kier molecular flexibility index (Phi) is 3.66. The van der Waals surface area contributed by atoms with Crippen LogP contribution in [0.25, 0.3) is 5.69 Å². The maximum atomic E-state index is 11.4. The Morgan fingerprint density at radius 3 is 2.15 bits per heavy atom. The van der Waals surface area contributed by atoms with Crippen LogP contribution in [0.15, 0.2) is 12.1 Å². The van der Waals surface area contributed by atoms with E-state index >= 15 is 0 Å². The summed E-state index contributed by atoms with van der Waals surface area (Å²) < 4.78 is 1.77. The summed E-state index contributed by atoms with van der Waals surface area (Å²) in [5, 5.41) is 13.9. The normalized spacial score (nSPS) is 10.8. The van der Waals surface area contributed by atoms with E-state index in [1.807, 2.05) is 27.7 Å². The summed E-state index contributed by atoms with van der Waals surface area (Å²) in [6, 6.07) is 4.19. The SMILES string of the molecule is CCc1nn(-c2c(C)cc(C)cc2C)c(C)c1C(=O)O. The van der Waals surface area contributed by atoms with Crippen molar-refractivity contribution in [3.63, 3.8) is 0 Å². The standard InChI is InChI=1S/C16H20N2O2/c1-6-13-14(16(19)20)12(5)18(17-13)15-10(3)7-9(2)8-11(15)4/h7-8H,6H2,1-5H3,(H,19,20). The summed E-state index contributed by atoms with van der Waals surface area (Å²) in [6.07, 6.45) is 0.611. The average molecular weight is 272 g/mol. The van der Waals surface area contributed by atoms with E-state index in [0.717, 1.165) is 16.8 Å². The van der Waals surface area contributed by atoms with Gasteiger partial charge in [-0.05, 0) is 45.2 Å². The zero-order valence-electron chi connectivity index (χ0n) is 12.6. The third-order valence-corrected chi connectivity index (χ3v) is 3.58. The number of aromatic nitrogens is 2. The van der Waals surface area contributed by atoms with Gasteiger partial charge in [-0.15, -0.1) is 0 Å². The van der Waals surface area contributed by atoms with Gasteiger partial charge < -0.3 is 5.11 Å². The van der Waals surface area contributed by atoms with Crippen molar-refractivity contribution in [3.05, 3.63) is 45.8 Å². The Balaban J connectivity index is 2.75. The van der Waals surface area contributed by atoms with E-state index < -0.39 is 5.97 Å². The molecule has 0 aliphatic heterocycles. The molecule has 0 spiro atoms. The molecular weight excluding hydrogens is 252 g/mol. The molecular formula is C16H20N2O2. The summed E-state index contributed by atoms with van der Waals surface area (Å²) in [7, 11) is 0. The highest BCUT2D eigenvalue weighted by Gasteiger charge is 2.21. The number of hydrogen-bond acceptors (Lipinski definition) is 2. The molecule has 20 heavy (non-hydrogen) atoms. The fourth-order valence-corrected chi connectivity index (χ4v) is 2.81. The van der Waals surface area contributed by atoms with E-state index in [1.54, 1.807) is 4.68 Å². The maximum absolute atomic E-state index is 11.4. The third-order valence-electron chi connectivity index (χ3n) is 3.58. The van der Waals surface area contributed by atoms with Crippen molar-refractivity contribution < 1.29 is 9.90 Å². The van der Waals surface area contributed by atoms with E-state index in [4.69, 9.17) is 0 Å². The highest BCUT2D eigenvalue weighted by molar-refractivity contribution is 5.90. The molecule has 1 heterocycles. The molecule has 1 N–H and O–H groups in total. The molecule has 0 aliphatic rings. The molecule has 0 saturated heterocycles. The number of carboxylic acids is 1. The lowest BCUT2D eigenvalue weighted by Gasteiger charge is -2.13. The van der Waals surface area contributed by atoms with E-state index in [9.17, 15) is 9.90 Å². The summed E-state index contributed by atoms with van der Waals surface area (Å²) in [5.74, 6) is -0.909. The number of aromatic carboxylic acids is 1. The van der Waals surface area contributed by atoms with Crippen LogP contribution in [0.5, 0.6) is 0 Å². The second-order valence-electron chi connectivity index (χ2n) is 5.22. The first-order valence-electron chi connectivity index (χ1n) is 6.76. The van der Waals surface area contributed by atoms with Crippen LogP contribution in [0.1, 0.15) is 45.4 Å². The van der Waals surface area contributed by atoms with Gasteiger partial charge in [-0.2, -0.15) is 5.10 Å². The van der Waals surface area contributed by atoms with Crippen molar-refractivity contribution in [2.75, 3.05) is 0 Å². The summed E-state index contributed by atoms with van der Waals surface area (Å²) in [4.78, 5) is 11.4. The number of carbonyl (C=O) groups is 1. The molecule has 0 bridgehead atoms. The molecule has 106 valence electrons. The Morgan fingerprint density at radius 2 is 1.75 bits per heavy atom. The van der Waals surface area contributed by atoms with Gasteiger partial charge in [-0.3, -0.25) is 0 Å². The summed E-state index contributed by atoms with van der Waals surface area (Å²) >= 11 is 0. The Morgan fingerprint density at radius 1 is 1.20 bits per heavy atom. The van der Waals surface area contributed by atoms with Gasteiger partial charge in [0.15, 0.2) is 0 Å². The van der Waals surface area contributed by atoms with Gasteiger partial charge in [-0.25, -0.2) is 9.48 Å². The number of nitrogens with zero attached hydrogens (tertiary/aromatic N) is 2. The fraction of sp³-hybridized carbons (Fsp3) is 0.375. The molecule has 1 aromatic heterocycles. The first-order valence-corrected chi connectivity index (χ1v) is 6.76. The van der Waals surface area contributed by atoms with Crippen LogP contribution >= 0.6 is 0 Å². The maximum Gasteiger partial charge on any atom is 0.339 e. The predicted octanol–water partition coefficient (Wildman–Crippen LogP) is 3.37. The van der Waals surface area contributed by atoms with Crippen molar-refractivity contribution in [2.24, 2.45) is 0 Å². The van der Waals surface area contributed by atoms with Crippen molar-refractivity contribution >= 4 is 5.97 Å². The van der Waals surface area contributed by atoms with Gasteiger partial charge in [-0.1, -0.05) is 24.6 Å². The lowest BCUT2D eigenvalue weighted by Crippen LogP contribution is -2.06. The molecule has 1 aromatic carbocycles. The minimum Gasteiger partial charge on any atom is -0.478 e. The lowest BCUT2D eigenvalue weighted by molar-refractivity contribution is 0.0695. The minimum atomic E-state index is -0.909. The fourth-order valence-electron chi connectivity index (χ4n) is 2.81. The van der Waals surface area contributed by atoms with Crippen LogP contribution in [0.3, 0.4) is 0 Å². The molecule has 0 fully saturated rings. The quantitative estimate of drug-likeness (QED) is 0.932. The monoisotopic (exact) mass is 272 g/mol. The second-order valence-corrected chi connectivity index (χ2v) is 5.22. The molecule has 0 radical (unpaired) electrons. The molecule has 4 nitrogen and oxygen atoms in total. The van der Waals surface area contributed by atoms with Crippen LogP contribution < -0.4 is 0 Å². The zero-order valence-corrected chi connectivity index (χ0v) is 12.6. The van der Waals surface area contributed by atoms with Crippen molar-refractivity contribution in [1.29, 1.82) is 0 Å². The number of benzene rings is 1. The van der Waals surface area contributed by atoms with Gasteiger partial charge >= 0.3 is 5.97 Å². The van der Waals surface area contributed by atoms with Gasteiger partial charge in [0.1, 0.15) is 5.56 Å². The number of carboxylic acid groups (broad SMARTS) is 1. The van der Waals surface area contributed by atoms with E-state index in [-0.39, 0.29) is 0 Å². The molecule has 0 amide bonds. The number of aryl methyl sites for hydroxylation is 4. The smallest absolute Gasteiger partial charge is 0.339 e. The highest BCUT2D eigenvalue weighted by atomic mass is 16.4. The topological polar surface area (TPSA) is 55.1 Å². The van der Waals surface area contributed by atoms with Gasteiger partial charge in [0, 0.05) is 0 Å². The molecule has 2 rings (SSSR count). The zero-order chi connectivity index (χ0) is 15.0. The molecule has 2 aromatic rings. The van der Waals surface area contributed by atoms with E-state index in [2.05, 4.69) is 24.2 Å².